The minimum atomic E-state index is 0.242. The molecule has 0 amide bonds. The number of rotatable bonds is 5. The van der Waals surface area contributed by atoms with Gasteiger partial charge in [0, 0.05) is 46.6 Å². The molecule has 0 aliphatic carbocycles. The Kier molecular flexibility index (Phi) is 4.50. The number of nitrogens with one attached hydrogen (secondary N) is 1. The van der Waals surface area contributed by atoms with Crippen molar-refractivity contribution in [1.29, 1.82) is 0 Å². The molecule has 4 nitrogen and oxygen atoms in total. The second-order valence-corrected chi connectivity index (χ2v) is 5.41. The summed E-state index contributed by atoms with van der Waals surface area (Å²) in [4.78, 5) is 9.91. The monoisotopic (exact) mass is 277 g/mol. The smallest absolute Gasteiger partial charge is 0.128 e. The number of thiazole rings is 1. The molecule has 19 heavy (non-hydrogen) atoms. The van der Waals surface area contributed by atoms with Gasteiger partial charge in [-0.1, -0.05) is 0 Å². The van der Waals surface area contributed by atoms with Crippen LogP contribution in [0.3, 0.4) is 0 Å². The maximum Gasteiger partial charge on any atom is 0.128 e. The topological polar surface area (TPSA) is 47.0 Å². The molecular weight excluding hydrogens is 258 g/mol. The van der Waals surface area contributed by atoms with Gasteiger partial charge in [0.2, 0.25) is 0 Å². The zero-order valence-corrected chi connectivity index (χ0v) is 12.5. The second kappa shape index (κ2) is 6.12. The number of nitrogens with zero attached hydrogens (tertiary/aromatic N) is 2. The normalized spacial score (nSPS) is 12.4. The molecule has 2 heterocycles. The minimum absolute atomic E-state index is 0.242. The van der Waals surface area contributed by atoms with E-state index in [0.29, 0.717) is 0 Å². The van der Waals surface area contributed by atoms with Crippen molar-refractivity contribution in [3.63, 3.8) is 0 Å². The largest absolute Gasteiger partial charge is 0.496 e. The first kappa shape index (κ1) is 14.0. The molecule has 0 radical (unpaired) electrons. The van der Waals surface area contributed by atoms with Gasteiger partial charge in [-0.2, -0.15) is 0 Å². The maximum atomic E-state index is 5.45. The van der Waals surface area contributed by atoms with Gasteiger partial charge in [0.15, 0.2) is 0 Å². The van der Waals surface area contributed by atoms with Crippen LogP contribution < -0.4 is 10.1 Å². The summed E-state index contributed by atoms with van der Waals surface area (Å²) in [5, 5.41) is 3.32. The van der Waals surface area contributed by atoms with Crippen molar-refractivity contribution in [3.05, 3.63) is 39.6 Å². The van der Waals surface area contributed by atoms with Gasteiger partial charge in [0.25, 0.3) is 0 Å². The lowest BCUT2D eigenvalue weighted by atomic mass is 10.0. The predicted molar refractivity (Wildman–Crippen MR) is 77.9 cm³/mol. The standard InChI is InChI=1S/C14H19N3OS/c1-9-6-17-11(10(2)14(9)18-4)5-12(15-3)13-7-16-8-19-13/h6-8,12,15H,5H2,1-4H3. The molecule has 0 fully saturated rings. The minimum Gasteiger partial charge on any atom is -0.496 e. The summed E-state index contributed by atoms with van der Waals surface area (Å²) in [7, 11) is 3.67. The van der Waals surface area contributed by atoms with E-state index in [-0.39, 0.29) is 6.04 Å². The van der Waals surface area contributed by atoms with E-state index in [1.54, 1.807) is 18.4 Å². The van der Waals surface area contributed by atoms with E-state index in [1.165, 1.54) is 4.88 Å². The lowest BCUT2D eigenvalue weighted by Gasteiger charge is -2.17. The molecule has 0 bridgehead atoms. The fraction of sp³-hybridized carbons (Fsp3) is 0.429. The summed E-state index contributed by atoms with van der Waals surface area (Å²) < 4.78 is 5.45. The fourth-order valence-electron chi connectivity index (χ4n) is 2.21. The van der Waals surface area contributed by atoms with E-state index < -0.39 is 0 Å². The Balaban J connectivity index is 2.28. The van der Waals surface area contributed by atoms with Crippen LogP contribution in [0.1, 0.15) is 27.7 Å². The third-order valence-corrected chi connectivity index (χ3v) is 4.18. The van der Waals surface area contributed by atoms with Crippen molar-refractivity contribution in [3.8, 4) is 5.75 Å². The van der Waals surface area contributed by atoms with Crippen LogP contribution in [0.5, 0.6) is 5.75 Å². The van der Waals surface area contributed by atoms with Crippen LogP contribution in [-0.2, 0) is 6.42 Å². The van der Waals surface area contributed by atoms with Crippen LogP contribution in [0.15, 0.2) is 17.9 Å². The zero-order valence-electron chi connectivity index (χ0n) is 11.7. The number of pyridine rings is 1. The first-order valence-electron chi connectivity index (χ1n) is 6.22. The summed E-state index contributed by atoms with van der Waals surface area (Å²) in [5.74, 6) is 0.934. The summed E-state index contributed by atoms with van der Waals surface area (Å²) in [5.41, 5.74) is 5.11. The highest BCUT2D eigenvalue weighted by molar-refractivity contribution is 7.09. The van der Waals surface area contributed by atoms with E-state index in [9.17, 15) is 0 Å². The first-order chi connectivity index (χ1) is 9.17. The van der Waals surface area contributed by atoms with Gasteiger partial charge in [0.1, 0.15) is 5.75 Å². The lowest BCUT2D eigenvalue weighted by molar-refractivity contribution is 0.406. The Hall–Kier alpha value is -1.46. The van der Waals surface area contributed by atoms with Gasteiger partial charge in [-0.05, 0) is 20.9 Å². The molecule has 0 saturated carbocycles. The predicted octanol–water partition coefficient (Wildman–Crippen LogP) is 2.67. The highest BCUT2D eigenvalue weighted by Gasteiger charge is 2.16. The molecule has 1 atom stereocenters. The van der Waals surface area contributed by atoms with E-state index in [4.69, 9.17) is 4.74 Å². The number of likely N-dealkylation sites (N-methyl/N-ethyl adjacent to an activating group) is 1. The highest BCUT2D eigenvalue weighted by atomic mass is 32.1. The molecule has 0 aliphatic rings. The molecule has 2 aromatic rings. The van der Waals surface area contributed by atoms with Gasteiger partial charge in [-0.15, -0.1) is 11.3 Å². The van der Waals surface area contributed by atoms with E-state index in [0.717, 1.165) is 29.0 Å². The molecule has 5 heteroatoms. The van der Waals surface area contributed by atoms with E-state index >= 15 is 0 Å². The number of aromatic nitrogens is 2. The van der Waals surface area contributed by atoms with Crippen molar-refractivity contribution >= 4 is 11.3 Å². The van der Waals surface area contributed by atoms with Crippen LogP contribution >= 0.6 is 11.3 Å². The number of hydrogen-bond acceptors (Lipinski definition) is 5. The van der Waals surface area contributed by atoms with Crippen molar-refractivity contribution in [1.82, 2.24) is 15.3 Å². The van der Waals surface area contributed by atoms with Crippen LogP contribution in [0.2, 0.25) is 0 Å². The van der Waals surface area contributed by atoms with Gasteiger partial charge < -0.3 is 10.1 Å². The van der Waals surface area contributed by atoms with Crippen molar-refractivity contribution < 1.29 is 4.74 Å². The first-order valence-corrected chi connectivity index (χ1v) is 7.10. The maximum absolute atomic E-state index is 5.45. The van der Waals surface area contributed by atoms with Crippen molar-refractivity contribution in [2.45, 2.75) is 26.3 Å². The molecular formula is C14H19N3OS. The number of aryl methyl sites for hydroxylation is 1. The average molecular weight is 277 g/mol. The Labute approximate surface area is 117 Å². The van der Waals surface area contributed by atoms with Crippen LogP contribution in [0.25, 0.3) is 0 Å². The Morgan fingerprint density at radius 3 is 2.74 bits per heavy atom. The van der Waals surface area contributed by atoms with E-state index in [2.05, 4.69) is 22.2 Å². The zero-order chi connectivity index (χ0) is 13.8. The highest BCUT2D eigenvalue weighted by Crippen LogP contribution is 2.28. The number of hydrogen-bond donors (Lipinski definition) is 1. The van der Waals surface area contributed by atoms with Gasteiger partial charge in [-0.25, -0.2) is 0 Å². The van der Waals surface area contributed by atoms with Crippen LogP contribution in [0, 0.1) is 13.8 Å². The Morgan fingerprint density at radius 2 is 2.16 bits per heavy atom. The van der Waals surface area contributed by atoms with Gasteiger partial charge >= 0.3 is 0 Å². The van der Waals surface area contributed by atoms with Crippen molar-refractivity contribution in [2.75, 3.05) is 14.2 Å². The van der Waals surface area contributed by atoms with Gasteiger partial charge in [0.05, 0.1) is 12.6 Å². The molecule has 102 valence electrons. The van der Waals surface area contributed by atoms with E-state index in [1.807, 2.05) is 31.9 Å². The quantitative estimate of drug-likeness (QED) is 0.912. The van der Waals surface area contributed by atoms with Crippen molar-refractivity contribution in [2.24, 2.45) is 0 Å². The molecule has 0 aliphatic heterocycles. The molecule has 0 spiro atoms. The summed E-state index contributed by atoms with van der Waals surface area (Å²) in [6.07, 6.45) is 4.62. The molecule has 1 unspecified atom stereocenters. The summed E-state index contributed by atoms with van der Waals surface area (Å²) >= 11 is 1.66. The Bertz CT molecular complexity index is 540. The fourth-order valence-corrected chi connectivity index (χ4v) is 2.94. The molecule has 0 aromatic carbocycles. The second-order valence-electron chi connectivity index (χ2n) is 4.50. The molecule has 2 rings (SSSR count). The van der Waals surface area contributed by atoms with Crippen LogP contribution in [0.4, 0.5) is 0 Å². The SMILES string of the molecule is CNC(Cc1ncc(C)c(OC)c1C)c1cncs1. The summed E-state index contributed by atoms with van der Waals surface area (Å²) in [6, 6.07) is 0.242. The molecule has 0 saturated heterocycles. The third kappa shape index (κ3) is 2.93. The Morgan fingerprint density at radius 1 is 1.37 bits per heavy atom. The molecule has 1 N–H and O–H groups in total. The molecule has 2 aromatic heterocycles. The number of methoxy groups -OCH3 is 1. The average Bonchev–Trinajstić information content (AvgIpc) is 2.92. The third-order valence-electron chi connectivity index (χ3n) is 3.29. The lowest BCUT2D eigenvalue weighted by Crippen LogP contribution is -2.19. The number of ether oxygens (including phenoxy) is 1. The van der Waals surface area contributed by atoms with Gasteiger partial charge in [-0.3, -0.25) is 9.97 Å². The summed E-state index contributed by atoms with van der Waals surface area (Å²) in [6.45, 7) is 4.08. The van der Waals surface area contributed by atoms with Crippen LogP contribution in [-0.4, -0.2) is 24.1 Å².